The Bertz CT molecular complexity index is 23.7. The minimum Gasteiger partial charge on any atom is -0.661 e. The van der Waals surface area contributed by atoms with Crippen LogP contribution in [0.1, 0.15) is 6.92 Å². The predicted octanol–water partition coefficient (Wildman–Crippen LogP) is 0.370. The zero-order valence-corrected chi connectivity index (χ0v) is 5.99. The van der Waals surface area contributed by atoms with Crippen molar-refractivity contribution < 1.29 is 24.6 Å². The van der Waals surface area contributed by atoms with Gasteiger partial charge < -0.3 is 10.4 Å². The Hall–Kier alpha value is 0.543. The number of nitrogens with zero attached hydrogens (tertiary/aromatic N) is 1. The quantitative estimate of drug-likeness (QED) is 0.507. The monoisotopic (exact) mass is 191 g/mol. The molecule has 0 bridgehead atoms. The SMILES string of the molecule is CC[N-]CCO.[Rh]. The molecule has 0 aliphatic carbocycles. The Balaban J connectivity index is 0. The van der Waals surface area contributed by atoms with E-state index >= 15 is 0 Å². The van der Waals surface area contributed by atoms with Gasteiger partial charge in [-0.15, -0.1) is 6.54 Å². The van der Waals surface area contributed by atoms with Gasteiger partial charge in [-0.2, -0.15) is 6.54 Å². The van der Waals surface area contributed by atoms with Crippen molar-refractivity contribution in [3.8, 4) is 0 Å². The number of rotatable bonds is 3. The van der Waals surface area contributed by atoms with Crippen LogP contribution in [0.2, 0.25) is 0 Å². The molecule has 0 aromatic carbocycles. The molecule has 3 heteroatoms. The standard InChI is InChI=1S/C4H10NO.Rh/c1-2-5-3-4-6;/h6H,2-4H2,1H3;/q-1;. The molecule has 1 radical (unpaired) electrons. The molecule has 0 spiro atoms. The van der Waals surface area contributed by atoms with E-state index in [1.807, 2.05) is 6.92 Å². The average Bonchev–Trinajstić information content (AvgIpc) is 1.61. The summed E-state index contributed by atoms with van der Waals surface area (Å²) in [6.07, 6.45) is 0. The van der Waals surface area contributed by atoms with Crippen molar-refractivity contribution in [2.24, 2.45) is 0 Å². The van der Waals surface area contributed by atoms with Crippen molar-refractivity contribution in [3.63, 3.8) is 0 Å². The van der Waals surface area contributed by atoms with E-state index in [-0.39, 0.29) is 26.1 Å². The van der Waals surface area contributed by atoms with Gasteiger partial charge in [0.2, 0.25) is 0 Å². The Morgan fingerprint density at radius 2 is 2.14 bits per heavy atom. The molecule has 1 N–H and O–H groups in total. The van der Waals surface area contributed by atoms with Crippen LogP contribution in [-0.4, -0.2) is 24.8 Å². The minimum atomic E-state index is 0. The van der Waals surface area contributed by atoms with Gasteiger partial charge in [0.1, 0.15) is 0 Å². The maximum atomic E-state index is 8.10. The fourth-order valence-corrected chi connectivity index (χ4v) is 0.229. The molecule has 47 valence electrons. The second-order valence-corrected chi connectivity index (χ2v) is 0.987. The number of aliphatic hydroxyl groups is 1. The summed E-state index contributed by atoms with van der Waals surface area (Å²) >= 11 is 0. The molecule has 0 amide bonds. The Kier molecular flexibility index (Phi) is 14.6. The van der Waals surface area contributed by atoms with Crippen LogP contribution in [0.3, 0.4) is 0 Å². The van der Waals surface area contributed by atoms with Crippen molar-refractivity contribution in [1.29, 1.82) is 0 Å². The van der Waals surface area contributed by atoms with Crippen LogP contribution in [0.4, 0.5) is 0 Å². The molecule has 0 aromatic heterocycles. The number of aliphatic hydroxyl groups excluding tert-OH is 1. The van der Waals surface area contributed by atoms with Crippen molar-refractivity contribution >= 4 is 0 Å². The Morgan fingerprint density at radius 3 is 2.29 bits per heavy atom. The van der Waals surface area contributed by atoms with Crippen LogP contribution < -0.4 is 0 Å². The summed E-state index contributed by atoms with van der Waals surface area (Å²) in [5.41, 5.74) is 0. The summed E-state index contributed by atoms with van der Waals surface area (Å²) in [6, 6.07) is 0. The number of likely N-dealkylation sites (N-methyl/N-ethyl adjacent to an activating group) is 1. The predicted molar refractivity (Wildman–Crippen MR) is 25.9 cm³/mol. The van der Waals surface area contributed by atoms with Gasteiger partial charge in [-0.25, -0.2) is 0 Å². The summed E-state index contributed by atoms with van der Waals surface area (Å²) in [5.74, 6) is 0. The van der Waals surface area contributed by atoms with Crippen molar-refractivity contribution in [3.05, 3.63) is 5.32 Å². The molecule has 0 saturated heterocycles. The normalized spacial score (nSPS) is 7.71. The van der Waals surface area contributed by atoms with E-state index in [4.69, 9.17) is 5.11 Å². The molecule has 0 aliphatic rings. The van der Waals surface area contributed by atoms with Crippen molar-refractivity contribution in [2.45, 2.75) is 6.92 Å². The van der Waals surface area contributed by atoms with Crippen LogP contribution in [0, 0.1) is 0 Å². The van der Waals surface area contributed by atoms with Crippen LogP contribution >= 0.6 is 0 Å². The molecule has 0 unspecified atom stereocenters. The first-order valence-corrected chi connectivity index (χ1v) is 2.16. The van der Waals surface area contributed by atoms with Crippen LogP contribution in [0.25, 0.3) is 5.32 Å². The zero-order chi connectivity index (χ0) is 4.83. The second kappa shape index (κ2) is 9.74. The molecular formula is C4H10NORh-. The molecular weight excluding hydrogens is 181 g/mol. The first-order valence-electron chi connectivity index (χ1n) is 2.16. The van der Waals surface area contributed by atoms with E-state index < -0.39 is 0 Å². The first kappa shape index (κ1) is 10.5. The third-order valence-electron chi connectivity index (χ3n) is 0.482. The van der Waals surface area contributed by atoms with Crippen LogP contribution in [-0.2, 0) is 19.5 Å². The van der Waals surface area contributed by atoms with E-state index in [9.17, 15) is 0 Å². The third kappa shape index (κ3) is 10.8. The largest absolute Gasteiger partial charge is 0.661 e. The van der Waals surface area contributed by atoms with Gasteiger partial charge in [-0.3, -0.25) is 0 Å². The van der Waals surface area contributed by atoms with Gasteiger partial charge in [0.25, 0.3) is 0 Å². The van der Waals surface area contributed by atoms with Crippen molar-refractivity contribution in [1.82, 2.24) is 0 Å². The maximum Gasteiger partial charge on any atom is 0.0243 e. The molecule has 0 atom stereocenters. The van der Waals surface area contributed by atoms with E-state index in [0.29, 0.717) is 6.54 Å². The minimum absolute atomic E-state index is 0. The molecule has 0 heterocycles. The zero-order valence-electron chi connectivity index (χ0n) is 4.35. The Labute approximate surface area is 57.1 Å². The summed E-state index contributed by atoms with van der Waals surface area (Å²) < 4.78 is 0. The first-order chi connectivity index (χ1) is 2.91. The summed E-state index contributed by atoms with van der Waals surface area (Å²) in [7, 11) is 0. The molecule has 0 saturated carbocycles. The second-order valence-electron chi connectivity index (χ2n) is 0.987. The van der Waals surface area contributed by atoms with Gasteiger partial charge >= 0.3 is 0 Å². The third-order valence-corrected chi connectivity index (χ3v) is 0.482. The fraction of sp³-hybridized carbons (Fsp3) is 1.00. The van der Waals surface area contributed by atoms with Gasteiger partial charge in [0.15, 0.2) is 0 Å². The average molecular weight is 191 g/mol. The smallest absolute Gasteiger partial charge is 0.0243 e. The molecule has 0 aromatic rings. The molecule has 2 nitrogen and oxygen atoms in total. The van der Waals surface area contributed by atoms with Crippen LogP contribution in [0.15, 0.2) is 0 Å². The Morgan fingerprint density at radius 1 is 1.57 bits per heavy atom. The topological polar surface area (TPSA) is 34.3 Å². The number of hydrogen-bond donors (Lipinski definition) is 1. The van der Waals surface area contributed by atoms with Gasteiger partial charge in [0, 0.05) is 26.1 Å². The van der Waals surface area contributed by atoms with Crippen molar-refractivity contribution in [2.75, 3.05) is 19.7 Å². The van der Waals surface area contributed by atoms with E-state index in [1.54, 1.807) is 0 Å². The van der Waals surface area contributed by atoms with Crippen LogP contribution in [0.5, 0.6) is 0 Å². The molecule has 0 fully saturated rings. The van der Waals surface area contributed by atoms with Gasteiger partial charge in [-0.1, -0.05) is 6.92 Å². The number of hydrogen-bond acceptors (Lipinski definition) is 1. The fourth-order valence-electron chi connectivity index (χ4n) is 0.229. The van der Waals surface area contributed by atoms with E-state index in [1.165, 1.54) is 0 Å². The van der Waals surface area contributed by atoms with E-state index in [2.05, 4.69) is 5.32 Å². The molecule has 0 aliphatic heterocycles. The molecule has 0 rings (SSSR count). The summed E-state index contributed by atoms with van der Waals surface area (Å²) in [5, 5.41) is 11.9. The summed E-state index contributed by atoms with van der Waals surface area (Å²) in [4.78, 5) is 0. The van der Waals surface area contributed by atoms with Gasteiger partial charge in [-0.05, 0) is 0 Å². The molecule has 7 heavy (non-hydrogen) atoms. The van der Waals surface area contributed by atoms with E-state index in [0.717, 1.165) is 6.54 Å². The van der Waals surface area contributed by atoms with Gasteiger partial charge in [0.05, 0.1) is 0 Å². The maximum absolute atomic E-state index is 8.10. The summed E-state index contributed by atoms with van der Waals surface area (Å²) in [6.45, 7) is 3.56.